The summed E-state index contributed by atoms with van der Waals surface area (Å²) in [5, 5.41) is 12.6. The minimum absolute atomic E-state index is 0.0113. The lowest BCUT2D eigenvalue weighted by Gasteiger charge is -2.40. The van der Waals surface area contributed by atoms with E-state index in [4.69, 9.17) is 28.2 Å². The van der Waals surface area contributed by atoms with Crippen molar-refractivity contribution in [2.24, 2.45) is 5.92 Å². The van der Waals surface area contributed by atoms with Gasteiger partial charge in [-0.3, -0.25) is 24.0 Å². The van der Waals surface area contributed by atoms with Crippen LogP contribution in [0.2, 0.25) is 0 Å². The van der Waals surface area contributed by atoms with Crippen LogP contribution in [0.5, 0.6) is 0 Å². The fourth-order valence-electron chi connectivity index (χ4n) is 5.25. The molecule has 0 saturated heterocycles. The molecule has 5 amide bonds. The van der Waals surface area contributed by atoms with Crippen molar-refractivity contribution in [1.82, 2.24) is 26.6 Å². The molecule has 18 nitrogen and oxygen atoms in total. The molecule has 1 rings (SSSR count). The Balaban J connectivity index is 2.90. The third-order valence-corrected chi connectivity index (χ3v) is 10.8. The number of hydrogen-bond acceptors (Lipinski definition) is 13. The highest BCUT2D eigenvalue weighted by atomic mass is 31.2. The molecular formula is C36H67N5O13P-. The van der Waals surface area contributed by atoms with E-state index >= 15 is 0 Å². The molecule has 55 heavy (non-hydrogen) atoms. The molecular weight excluding hydrogens is 741 g/mol. The van der Waals surface area contributed by atoms with Crippen LogP contribution >= 0.6 is 7.60 Å². The highest BCUT2D eigenvalue weighted by Gasteiger charge is 2.34. The van der Waals surface area contributed by atoms with Crippen LogP contribution in [0, 0.1) is 5.92 Å². The summed E-state index contributed by atoms with van der Waals surface area (Å²) in [6.45, 7) is 10.1. The summed E-state index contributed by atoms with van der Waals surface area (Å²) in [5.41, 5.74) is 0. The molecule has 1 fully saturated rings. The molecule has 1 aliphatic rings. The molecule has 320 valence electrons. The summed E-state index contributed by atoms with van der Waals surface area (Å²) in [6, 6.07) is -2.15. The fraction of sp³-hybridized carbons (Fsp3) is 0.861. The Bertz CT molecular complexity index is 1180. The SMILES string of the molecule is CCCOCCNC(=O)CCC(NC(=O)CCC(NC(=O)C1CCC(OP(=O)([O-])C(C)(C)C)CC1)C(=O)NCCOCCOC)C(=O)NCCOCCOC. The number of carbonyl (C=O) groups excluding carboxylic acids is 5. The van der Waals surface area contributed by atoms with Gasteiger partial charge in [-0.15, -0.1) is 0 Å². The van der Waals surface area contributed by atoms with Crippen LogP contribution in [0.3, 0.4) is 0 Å². The van der Waals surface area contributed by atoms with Crippen LogP contribution in [0.1, 0.15) is 85.5 Å². The summed E-state index contributed by atoms with van der Waals surface area (Å²) in [4.78, 5) is 78.0. The van der Waals surface area contributed by atoms with E-state index in [-0.39, 0.29) is 57.9 Å². The third kappa shape index (κ3) is 22.6. The zero-order valence-corrected chi connectivity index (χ0v) is 34.6. The first-order chi connectivity index (χ1) is 26.1. The average molecular weight is 809 g/mol. The molecule has 0 heterocycles. The number of amides is 5. The maximum atomic E-state index is 13.4. The Labute approximate surface area is 326 Å². The predicted octanol–water partition coefficient (Wildman–Crippen LogP) is 0.545. The second-order valence-corrected chi connectivity index (χ2v) is 16.8. The summed E-state index contributed by atoms with van der Waals surface area (Å²) in [6.07, 6.45) is 1.40. The van der Waals surface area contributed by atoms with Gasteiger partial charge < -0.3 is 64.3 Å². The van der Waals surface area contributed by atoms with Crippen molar-refractivity contribution in [3.05, 3.63) is 0 Å². The van der Waals surface area contributed by atoms with E-state index < -0.39 is 60.5 Å². The second-order valence-electron chi connectivity index (χ2n) is 14.3. The maximum Gasteiger partial charge on any atom is 0.242 e. The van der Waals surface area contributed by atoms with Gasteiger partial charge in [0, 0.05) is 64.4 Å². The number of methoxy groups -OCH3 is 2. The lowest BCUT2D eigenvalue weighted by Crippen LogP contribution is -2.51. The minimum atomic E-state index is -4.13. The average Bonchev–Trinajstić information content (AvgIpc) is 3.13. The highest BCUT2D eigenvalue weighted by Crippen LogP contribution is 2.53. The van der Waals surface area contributed by atoms with Gasteiger partial charge in [0.1, 0.15) is 19.7 Å². The van der Waals surface area contributed by atoms with Gasteiger partial charge in [0.05, 0.1) is 52.4 Å². The minimum Gasteiger partial charge on any atom is -0.778 e. The van der Waals surface area contributed by atoms with Crippen molar-refractivity contribution in [2.45, 2.75) is 109 Å². The first-order valence-electron chi connectivity index (χ1n) is 19.3. The normalized spacial score (nSPS) is 18.0. The summed E-state index contributed by atoms with van der Waals surface area (Å²) in [7, 11) is -1.04. The lowest BCUT2D eigenvalue weighted by molar-refractivity contribution is -0.209. The van der Waals surface area contributed by atoms with Gasteiger partial charge >= 0.3 is 0 Å². The zero-order valence-electron chi connectivity index (χ0n) is 33.7. The molecule has 3 atom stereocenters. The Hall–Kier alpha value is -2.70. The lowest BCUT2D eigenvalue weighted by atomic mass is 9.86. The second kappa shape index (κ2) is 28.7. The molecule has 3 unspecified atom stereocenters. The first-order valence-corrected chi connectivity index (χ1v) is 20.8. The highest BCUT2D eigenvalue weighted by molar-refractivity contribution is 7.53. The number of hydrogen-bond donors (Lipinski definition) is 5. The molecule has 1 saturated carbocycles. The monoisotopic (exact) mass is 808 g/mol. The van der Waals surface area contributed by atoms with Gasteiger partial charge in [-0.25, -0.2) is 0 Å². The van der Waals surface area contributed by atoms with Crippen LogP contribution in [0.4, 0.5) is 0 Å². The van der Waals surface area contributed by atoms with Crippen LogP contribution < -0.4 is 31.5 Å². The Morgan fingerprint density at radius 3 is 1.64 bits per heavy atom. The van der Waals surface area contributed by atoms with E-state index in [9.17, 15) is 33.4 Å². The third-order valence-electron chi connectivity index (χ3n) is 8.63. The summed E-state index contributed by atoms with van der Waals surface area (Å²) >= 11 is 0. The van der Waals surface area contributed by atoms with E-state index in [1.165, 1.54) is 0 Å². The zero-order chi connectivity index (χ0) is 41.1. The van der Waals surface area contributed by atoms with Crippen LogP contribution in [0.15, 0.2) is 0 Å². The van der Waals surface area contributed by atoms with E-state index in [2.05, 4.69) is 26.6 Å². The number of carbonyl (C=O) groups is 5. The quantitative estimate of drug-likeness (QED) is 0.0493. The van der Waals surface area contributed by atoms with Gasteiger partial charge in [0.15, 0.2) is 0 Å². The molecule has 0 radical (unpaired) electrons. The van der Waals surface area contributed by atoms with E-state index in [0.717, 1.165) is 6.42 Å². The fourth-order valence-corrected chi connectivity index (χ4v) is 6.17. The molecule has 1 aliphatic carbocycles. The summed E-state index contributed by atoms with van der Waals surface area (Å²) in [5.74, 6) is -2.77. The molecule has 0 aliphatic heterocycles. The van der Waals surface area contributed by atoms with E-state index in [1.807, 2.05) is 6.92 Å². The van der Waals surface area contributed by atoms with Gasteiger partial charge in [-0.1, -0.05) is 27.7 Å². The molecule has 0 aromatic rings. The molecule has 0 bridgehead atoms. The van der Waals surface area contributed by atoms with Crippen molar-refractivity contribution in [3.63, 3.8) is 0 Å². The van der Waals surface area contributed by atoms with Crippen molar-refractivity contribution in [2.75, 3.05) is 86.7 Å². The van der Waals surface area contributed by atoms with Crippen LogP contribution in [0.25, 0.3) is 0 Å². The number of nitrogens with one attached hydrogen (secondary N) is 5. The molecule has 19 heteroatoms. The topological polar surface area (TPSA) is 241 Å². The Kier molecular flexibility index (Phi) is 26.2. The van der Waals surface area contributed by atoms with Gasteiger partial charge in [-0.05, 0) is 44.9 Å². The van der Waals surface area contributed by atoms with Crippen molar-refractivity contribution in [1.29, 1.82) is 0 Å². The van der Waals surface area contributed by atoms with Gasteiger partial charge in [-0.2, -0.15) is 0 Å². The van der Waals surface area contributed by atoms with Gasteiger partial charge in [0.2, 0.25) is 29.5 Å². The molecule has 0 aromatic carbocycles. The Morgan fingerprint density at radius 1 is 0.673 bits per heavy atom. The van der Waals surface area contributed by atoms with Crippen molar-refractivity contribution in [3.8, 4) is 0 Å². The van der Waals surface area contributed by atoms with Crippen molar-refractivity contribution < 1.29 is 61.6 Å². The van der Waals surface area contributed by atoms with Gasteiger partial charge in [0.25, 0.3) is 0 Å². The van der Waals surface area contributed by atoms with Crippen LogP contribution in [-0.2, 0) is 56.7 Å². The van der Waals surface area contributed by atoms with E-state index in [1.54, 1.807) is 35.0 Å². The summed E-state index contributed by atoms with van der Waals surface area (Å²) < 4.78 is 44.1. The Morgan fingerprint density at radius 2 is 1.15 bits per heavy atom. The standard InChI is InChI=1S/C36H68N5O13P/c1-7-19-51-20-16-37-31(42)14-12-29(34(45)38-17-21-52-25-23-49-5)40-32(43)15-13-30(35(46)39-18-22-53-26-24-50-6)41-33(44)27-8-10-28(11-9-27)54-55(47,48)36(2,3)4/h27-30H,7-26H2,1-6H3,(H,37,42)(H,38,45)(H,39,46)(H,40,43)(H,41,44)(H,47,48)/p-1. The maximum absolute atomic E-state index is 13.4. The largest absolute Gasteiger partial charge is 0.778 e. The van der Waals surface area contributed by atoms with Crippen LogP contribution in [-0.4, -0.2) is 140 Å². The molecule has 0 aromatic heterocycles. The molecule has 0 spiro atoms. The van der Waals surface area contributed by atoms with Crippen molar-refractivity contribution >= 4 is 37.1 Å². The number of ether oxygens (including phenoxy) is 5. The predicted molar refractivity (Wildman–Crippen MR) is 202 cm³/mol. The van der Waals surface area contributed by atoms with E-state index in [0.29, 0.717) is 71.9 Å². The first kappa shape index (κ1) is 50.3. The molecule has 5 N–H and O–H groups in total. The smallest absolute Gasteiger partial charge is 0.242 e. The number of rotatable bonds is 30.